The molecule has 134 valence electrons. The minimum atomic E-state index is -0.595. The third kappa shape index (κ3) is 2.98. The van der Waals surface area contributed by atoms with Crippen LogP contribution < -0.4 is 10.2 Å². The largest absolute Gasteiger partial charge is 0.355 e. The standard InChI is InChI=1S/C18H19FN6O/c1-18(2)6-8-24(11-18)16-4-3-15-21-10-14(25(15)23-16)17(26)22-13-5-7-20-9-12(13)19/h3-5,7,9-10H,6,8,11H2,1-2H3,(H,20,22,26). The van der Waals surface area contributed by atoms with Crippen molar-refractivity contribution in [2.75, 3.05) is 23.3 Å². The summed E-state index contributed by atoms with van der Waals surface area (Å²) in [6.45, 7) is 6.28. The molecule has 1 fully saturated rings. The number of hydrogen-bond acceptors (Lipinski definition) is 5. The summed E-state index contributed by atoms with van der Waals surface area (Å²) in [6.07, 6.45) is 4.99. The molecule has 1 N–H and O–H groups in total. The number of imidazole rings is 1. The summed E-state index contributed by atoms with van der Waals surface area (Å²) in [5.74, 6) is -0.276. The molecule has 3 aromatic heterocycles. The van der Waals surface area contributed by atoms with Crippen molar-refractivity contribution in [2.24, 2.45) is 5.41 Å². The van der Waals surface area contributed by atoms with E-state index in [1.165, 1.54) is 23.0 Å². The number of fused-ring (bicyclic) bond motifs is 1. The lowest BCUT2D eigenvalue weighted by atomic mass is 9.93. The Morgan fingerprint density at radius 2 is 2.12 bits per heavy atom. The van der Waals surface area contributed by atoms with Gasteiger partial charge < -0.3 is 10.2 Å². The van der Waals surface area contributed by atoms with Crippen molar-refractivity contribution in [1.82, 2.24) is 19.6 Å². The fourth-order valence-electron chi connectivity index (χ4n) is 3.16. The number of carbonyl (C=O) groups is 1. The number of carbonyl (C=O) groups excluding carboxylic acids is 1. The molecule has 1 saturated heterocycles. The monoisotopic (exact) mass is 354 g/mol. The maximum Gasteiger partial charge on any atom is 0.276 e. The smallest absolute Gasteiger partial charge is 0.276 e. The highest BCUT2D eigenvalue weighted by Gasteiger charge is 2.30. The molecule has 8 heteroatoms. The molecular formula is C18H19FN6O. The molecule has 0 unspecified atom stereocenters. The van der Waals surface area contributed by atoms with E-state index in [0.717, 1.165) is 31.5 Å². The first-order chi connectivity index (χ1) is 12.4. The van der Waals surface area contributed by atoms with Crippen LogP contribution in [-0.4, -0.2) is 38.6 Å². The number of halogens is 1. The maximum atomic E-state index is 13.7. The molecular weight excluding hydrogens is 335 g/mol. The molecule has 7 nitrogen and oxygen atoms in total. The van der Waals surface area contributed by atoms with Crippen molar-refractivity contribution >= 4 is 23.1 Å². The lowest BCUT2D eigenvalue weighted by Gasteiger charge is -2.20. The van der Waals surface area contributed by atoms with Crippen LogP contribution in [0.5, 0.6) is 0 Å². The number of pyridine rings is 1. The first-order valence-corrected chi connectivity index (χ1v) is 8.44. The number of aromatic nitrogens is 4. The zero-order valence-electron chi connectivity index (χ0n) is 14.6. The second-order valence-corrected chi connectivity index (χ2v) is 7.25. The highest BCUT2D eigenvalue weighted by atomic mass is 19.1. The molecule has 0 atom stereocenters. The summed E-state index contributed by atoms with van der Waals surface area (Å²) in [7, 11) is 0. The Morgan fingerprint density at radius 3 is 2.85 bits per heavy atom. The van der Waals surface area contributed by atoms with Gasteiger partial charge in [-0.3, -0.25) is 9.78 Å². The van der Waals surface area contributed by atoms with E-state index in [-0.39, 0.29) is 16.8 Å². The van der Waals surface area contributed by atoms with E-state index in [2.05, 4.69) is 39.1 Å². The van der Waals surface area contributed by atoms with Gasteiger partial charge in [0.2, 0.25) is 0 Å². The number of nitrogens with zero attached hydrogens (tertiary/aromatic N) is 5. The zero-order valence-corrected chi connectivity index (χ0v) is 14.6. The summed E-state index contributed by atoms with van der Waals surface area (Å²) < 4.78 is 15.2. The van der Waals surface area contributed by atoms with Gasteiger partial charge in [0.1, 0.15) is 5.82 Å². The van der Waals surface area contributed by atoms with Crippen LogP contribution in [0.4, 0.5) is 15.9 Å². The van der Waals surface area contributed by atoms with Gasteiger partial charge in [0, 0.05) is 19.3 Å². The van der Waals surface area contributed by atoms with Crippen molar-refractivity contribution in [3.05, 3.63) is 48.3 Å². The molecule has 0 aromatic carbocycles. The van der Waals surface area contributed by atoms with Crippen LogP contribution in [-0.2, 0) is 0 Å². The average molecular weight is 354 g/mol. The van der Waals surface area contributed by atoms with Crippen LogP contribution in [0.1, 0.15) is 30.8 Å². The predicted octanol–water partition coefficient (Wildman–Crippen LogP) is 2.75. The Kier molecular flexibility index (Phi) is 3.82. The van der Waals surface area contributed by atoms with Crippen molar-refractivity contribution in [3.63, 3.8) is 0 Å². The molecule has 1 amide bonds. The first kappa shape index (κ1) is 16.4. The number of hydrogen-bond donors (Lipinski definition) is 1. The molecule has 1 aliphatic rings. The second-order valence-electron chi connectivity index (χ2n) is 7.25. The Morgan fingerprint density at radius 1 is 1.27 bits per heavy atom. The lowest BCUT2D eigenvalue weighted by Crippen LogP contribution is -2.24. The van der Waals surface area contributed by atoms with Crippen LogP contribution in [0.25, 0.3) is 5.65 Å². The SMILES string of the molecule is CC1(C)CCN(c2ccc3ncc(C(=O)Nc4ccncc4F)n3n2)C1. The summed E-state index contributed by atoms with van der Waals surface area (Å²) >= 11 is 0. The normalized spacial score (nSPS) is 16.2. The van der Waals surface area contributed by atoms with E-state index in [4.69, 9.17) is 0 Å². The van der Waals surface area contributed by atoms with Crippen LogP contribution in [0.3, 0.4) is 0 Å². The third-order valence-electron chi connectivity index (χ3n) is 4.60. The van der Waals surface area contributed by atoms with E-state index in [1.54, 1.807) is 0 Å². The fourth-order valence-corrected chi connectivity index (χ4v) is 3.16. The Hall–Kier alpha value is -3.03. The van der Waals surface area contributed by atoms with E-state index >= 15 is 0 Å². The molecule has 4 heterocycles. The molecule has 4 rings (SSSR count). The highest BCUT2D eigenvalue weighted by Crippen LogP contribution is 2.31. The van der Waals surface area contributed by atoms with Crippen molar-refractivity contribution in [1.29, 1.82) is 0 Å². The topological polar surface area (TPSA) is 75.4 Å². The summed E-state index contributed by atoms with van der Waals surface area (Å²) in [5.41, 5.74) is 1.12. The summed E-state index contributed by atoms with van der Waals surface area (Å²) in [4.78, 5) is 22.6. The van der Waals surface area contributed by atoms with E-state index in [0.29, 0.717) is 5.65 Å². The molecule has 0 aliphatic carbocycles. The minimum absolute atomic E-state index is 0.0670. The summed E-state index contributed by atoms with van der Waals surface area (Å²) in [5, 5.41) is 7.12. The third-order valence-corrected chi connectivity index (χ3v) is 4.60. The van der Waals surface area contributed by atoms with Gasteiger partial charge in [0.25, 0.3) is 5.91 Å². The molecule has 26 heavy (non-hydrogen) atoms. The predicted molar refractivity (Wildman–Crippen MR) is 95.7 cm³/mol. The number of rotatable bonds is 3. The lowest BCUT2D eigenvalue weighted by molar-refractivity contribution is 0.102. The van der Waals surface area contributed by atoms with Gasteiger partial charge in [-0.1, -0.05) is 13.8 Å². The minimum Gasteiger partial charge on any atom is -0.355 e. The van der Waals surface area contributed by atoms with Gasteiger partial charge in [-0.2, -0.15) is 0 Å². The first-order valence-electron chi connectivity index (χ1n) is 8.44. The molecule has 0 spiro atoms. The Balaban J connectivity index is 1.64. The van der Waals surface area contributed by atoms with Gasteiger partial charge in [0.05, 0.1) is 18.1 Å². The number of anilines is 2. The number of nitrogens with one attached hydrogen (secondary N) is 1. The van der Waals surface area contributed by atoms with Gasteiger partial charge in [0.15, 0.2) is 17.2 Å². The van der Waals surface area contributed by atoms with E-state index < -0.39 is 11.7 Å². The molecule has 1 aliphatic heterocycles. The van der Waals surface area contributed by atoms with Gasteiger partial charge in [-0.25, -0.2) is 13.9 Å². The highest BCUT2D eigenvalue weighted by molar-refractivity contribution is 6.03. The fraction of sp³-hybridized carbons (Fsp3) is 0.333. The summed E-state index contributed by atoms with van der Waals surface area (Å²) in [6, 6.07) is 5.15. The molecule has 0 bridgehead atoms. The van der Waals surface area contributed by atoms with Gasteiger partial charge in [-0.05, 0) is 30.0 Å². The molecule has 3 aromatic rings. The van der Waals surface area contributed by atoms with E-state index in [1.807, 2.05) is 12.1 Å². The van der Waals surface area contributed by atoms with Crippen molar-refractivity contribution in [2.45, 2.75) is 20.3 Å². The van der Waals surface area contributed by atoms with Gasteiger partial charge in [-0.15, -0.1) is 5.10 Å². The van der Waals surface area contributed by atoms with Crippen molar-refractivity contribution in [3.8, 4) is 0 Å². The number of amides is 1. The second kappa shape index (κ2) is 6.05. The average Bonchev–Trinajstić information content (AvgIpc) is 3.19. The molecule has 0 saturated carbocycles. The van der Waals surface area contributed by atoms with Crippen LogP contribution in [0.2, 0.25) is 0 Å². The van der Waals surface area contributed by atoms with Crippen LogP contribution in [0.15, 0.2) is 36.8 Å². The van der Waals surface area contributed by atoms with Crippen LogP contribution >= 0.6 is 0 Å². The van der Waals surface area contributed by atoms with Crippen LogP contribution in [0, 0.1) is 11.2 Å². The zero-order chi connectivity index (χ0) is 18.3. The molecule has 0 radical (unpaired) electrons. The maximum absolute atomic E-state index is 13.7. The van der Waals surface area contributed by atoms with E-state index in [9.17, 15) is 9.18 Å². The van der Waals surface area contributed by atoms with Gasteiger partial charge >= 0.3 is 0 Å². The Bertz CT molecular complexity index is 983. The van der Waals surface area contributed by atoms with Crippen molar-refractivity contribution < 1.29 is 9.18 Å². The quantitative estimate of drug-likeness (QED) is 0.783. The Labute approximate surface area is 149 Å².